The molecule has 1 saturated heterocycles. The second kappa shape index (κ2) is 8.75. The molecule has 0 aliphatic carbocycles. The molecular weight excluding hydrogens is 345 g/mol. The van der Waals surface area contributed by atoms with Crippen molar-refractivity contribution >= 4 is 5.96 Å². The van der Waals surface area contributed by atoms with Gasteiger partial charge in [0.2, 0.25) is 0 Å². The molecule has 2 heterocycles. The van der Waals surface area contributed by atoms with Gasteiger partial charge in [-0.3, -0.25) is 9.89 Å². The zero-order valence-corrected chi connectivity index (χ0v) is 15.9. The Balaban J connectivity index is 1.88. The predicted octanol–water partition coefficient (Wildman–Crippen LogP) is 2.18. The van der Waals surface area contributed by atoms with Crippen LogP contribution in [0.4, 0.5) is 13.2 Å². The lowest BCUT2D eigenvalue weighted by molar-refractivity contribution is -0.181. The van der Waals surface area contributed by atoms with Crippen LogP contribution in [0.1, 0.15) is 26.6 Å². The van der Waals surface area contributed by atoms with Crippen molar-refractivity contribution in [1.82, 2.24) is 24.7 Å². The third-order valence-electron chi connectivity index (χ3n) is 4.62. The molecule has 0 saturated carbocycles. The monoisotopic (exact) mass is 374 g/mol. The van der Waals surface area contributed by atoms with E-state index in [0.717, 1.165) is 12.4 Å². The Bertz CT molecular complexity index is 588. The highest BCUT2D eigenvalue weighted by Crippen LogP contribution is 2.25. The van der Waals surface area contributed by atoms with Gasteiger partial charge in [0.05, 0.1) is 6.54 Å². The maximum absolute atomic E-state index is 12.9. The predicted molar refractivity (Wildman–Crippen MR) is 95.9 cm³/mol. The van der Waals surface area contributed by atoms with Crippen LogP contribution in [0.3, 0.4) is 0 Å². The maximum atomic E-state index is 12.9. The number of halogens is 3. The van der Waals surface area contributed by atoms with Gasteiger partial charge in [-0.25, -0.2) is 4.98 Å². The smallest absolute Gasteiger partial charge is 0.349 e. The molecule has 0 aromatic carbocycles. The number of aliphatic imine (C=N–C) groups is 1. The van der Waals surface area contributed by atoms with Gasteiger partial charge in [-0.05, 0) is 12.8 Å². The number of hydrogen-bond acceptors (Lipinski definition) is 3. The summed E-state index contributed by atoms with van der Waals surface area (Å²) < 4.78 is 40.7. The van der Waals surface area contributed by atoms with Crippen LogP contribution in [0.2, 0.25) is 0 Å². The highest BCUT2D eigenvalue weighted by molar-refractivity contribution is 5.79. The summed E-state index contributed by atoms with van der Waals surface area (Å²) in [5, 5.41) is 3.28. The van der Waals surface area contributed by atoms with Crippen molar-refractivity contribution in [3.05, 3.63) is 18.2 Å². The van der Waals surface area contributed by atoms with E-state index in [9.17, 15) is 13.2 Å². The summed E-state index contributed by atoms with van der Waals surface area (Å²) in [7, 11) is 1.69. The number of nitrogens with zero attached hydrogens (tertiary/aromatic N) is 5. The van der Waals surface area contributed by atoms with Crippen molar-refractivity contribution in [2.75, 3.05) is 33.2 Å². The van der Waals surface area contributed by atoms with Gasteiger partial charge in [0.25, 0.3) is 0 Å². The summed E-state index contributed by atoms with van der Waals surface area (Å²) in [6.07, 6.45) is -0.452. The van der Waals surface area contributed by atoms with Crippen LogP contribution in [0, 0.1) is 5.92 Å². The Hall–Kier alpha value is -1.77. The Morgan fingerprint density at radius 3 is 2.42 bits per heavy atom. The Kier molecular flexibility index (Phi) is 6.91. The third-order valence-corrected chi connectivity index (χ3v) is 4.62. The van der Waals surface area contributed by atoms with E-state index in [4.69, 9.17) is 0 Å². The fourth-order valence-electron chi connectivity index (χ4n) is 3.09. The molecular formula is C17H29F3N6. The average Bonchev–Trinajstić information content (AvgIpc) is 3.01. The fraction of sp³-hybridized carbons (Fsp3) is 0.765. The van der Waals surface area contributed by atoms with Crippen LogP contribution in [-0.2, 0) is 13.1 Å². The highest BCUT2D eigenvalue weighted by Gasteiger charge is 2.41. The topological polar surface area (TPSA) is 48.7 Å². The van der Waals surface area contributed by atoms with E-state index in [-0.39, 0.29) is 0 Å². The number of rotatable bonds is 5. The third kappa shape index (κ3) is 5.36. The highest BCUT2D eigenvalue weighted by atomic mass is 19.4. The second-order valence-corrected chi connectivity index (χ2v) is 7.03. The van der Waals surface area contributed by atoms with Gasteiger partial charge in [0.1, 0.15) is 11.9 Å². The molecule has 1 aliphatic rings. The van der Waals surface area contributed by atoms with Crippen molar-refractivity contribution in [1.29, 1.82) is 0 Å². The van der Waals surface area contributed by atoms with Gasteiger partial charge >= 0.3 is 6.18 Å². The number of alkyl halides is 3. The number of aromatic nitrogens is 2. The van der Waals surface area contributed by atoms with Crippen LogP contribution in [0.5, 0.6) is 0 Å². The zero-order chi connectivity index (χ0) is 19.3. The summed E-state index contributed by atoms with van der Waals surface area (Å²) in [4.78, 5) is 12.1. The molecule has 1 aromatic rings. The van der Waals surface area contributed by atoms with Crippen LogP contribution in [0.25, 0.3) is 0 Å². The quantitative estimate of drug-likeness (QED) is 0.634. The molecule has 1 aromatic heterocycles. The van der Waals surface area contributed by atoms with Gasteiger partial charge in [-0.15, -0.1) is 0 Å². The molecule has 9 heteroatoms. The molecule has 0 bridgehead atoms. The number of guanidine groups is 1. The van der Waals surface area contributed by atoms with Crippen LogP contribution >= 0.6 is 0 Å². The van der Waals surface area contributed by atoms with E-state index in [1.165, 1.54) is 11.8 Å². The lowest BCUT2D eigenvalue weighted by Gasteiger charge is -2.39. The van der Waals surface area contributed by atoms with Gasteiger partial charge < -0.3 is 14.8 Å². The normalized spacial score (nSPS) is 18.5. The summed E-state index contributed by atoms with van der Waals surface area (Å²) in [6.45, 7) is 8.70. The molecule has 1 atom stereocenters. The van der Waals surface area contributed by atoms with E-state index in [2.05, 4.69) is 33.7 Å². The number of imidazole rings is 1. The van der Waals surface area contributed by atoms with Crippen molar-refractivity contribution < 1.29 is 13.2 Å². The average molecular weight is 374 g/mol. The molecule has 1 N–H and O–H groups in total. The SMILES string of the molecule is CN=C(NCc1nccn1CC(C)C)N1CCN(C(C)C(F)(F)F)CC1. The Morgan fingerprint density at radius 1 is 1.23 bits per heavy atom. The van der Waals surface area contributed by atoms with Crippen molar-refractivity contribution in [2.24, 2.45) is 10.9 Å². The van der Waals surface area contributed by atoms with Crippen molar-refractivity contribution in [3.63, 3.8) is 0 Å². The number of nitrogens with one attached hydrogen (secondary N) is 1. The zero-order valence-electron chi connectivity index (χ0n) is 15.9. The molecule has 1 unspecified atom stereocenters. The first kappa shape index (κ1) is 20.5. The standard InChI is InChI=1S/C17H29F3N6/c1-13(2)12-26-6-5-22-15(26)11-23-16(21-4)25-9-7-24(8-10-25)14(3)17(18,19)20/h5-6,13-14H,7-12H2,1-4H3,(H,21,23). The summed E-state index contributed by atoms with van der Waals surface area (Å²) in [5.41, 5.74) is 0. The number of piperazine rings is 1. The summed E-state index contributed by atoms with van der Waals surface area (Å²) in [6, 6.07) is -1.41. The molecule has 148 valence electrons. The Labute approximate surface area is 153 Å². The van der Waals surface area contributed by atoms with Crippen molar-refractivity contribution in [2.45, 2.75) is 46.1 Å². The largest absolute Gasteiger partial charge is 0.403 e. The maximum Gasteiger partial charge on any atom is 0.403 e. The van der Waals surface area contributed by atoms with Crippen LogP contribution in [0.15, 0.2) is 17.4 Å². The first-order valence-electron chi connectivity index (χ1n) is 8.98. The van der Waals surface area contributed by atoms with E-state index in [1.807, 2.05) is 11.1 Å². The summed E-state index contributed by atoms with van der Waals surface area (Å²) in [5.74, 6) is 2.14. The van der Waals surface area contributed by atoms with Gasteiger partial charge in [0.15, 0.2) is 5.96 Å². The minimum atomic E-state index is -4.18. The van der Waals surface area contributed by atoms with Gasteiger partial charge in [0, 0.05) is 52.2 Å². The molecule has 1 aliphatic heterocycles. The number of hydrogen-bond donors (Lipinski definition) is 1. The molecule has 1 fully saturated rings. The molecule has 0 amide bonds. The van der Waals surface area contributed by atoms with Gasteiger partial charge in [-0.1, -0.05) is 13.8 Å². The van der Waals surface area contributed by atoms with E-state index in [0.29, 0.717) is 44.6 Å². The van der Waals surface area contributed by atoms with Gasteiger partial charge in [-0.2, -0.15) is 13.2 Å². The van der Waals surface area contributed by atoms with E-state index < -0.39 is 12.2 Å². The molecule has 0 radical (unpaired) electrons. The van der Waals surface area contributed by atoms with E-state index in [1.54, 1.807) is 13.2 Å². The van der Waals surface area contributed by atoms with E-state index >= 15 is 0 Å². The first-order chi connectivity index (χ1) is 12.2. The molecule has 2 rings (SSSR count). The lowest BCUT2D eigenvalue weighted by atomic mass is 10.2. The summed E-state index contributed by atoms with van der Waals surface area (Å²) >= 11 is 0. The molecule has 0 spiro atoms. The van der Waals surface area contributed by atoms with Crippen LogP contribution in [-0.4, -0.2) is 70.8 Å². The minimum Gasteiger partial charge on any atom is -0.349 e. The fourth-order valence-corrected chi connectivity index (χ4v) is 3.09. The lowest BCUT2D eigenvalue weighted by Crippen LogP contribution is -2.56. The second-order valence-electron chi connectivity index (χ2n) is 7.03. The molecule has 26 heavy (non-hydrogen) atoms. The Morgan fingerprint density at radius 2 is 1.88 bits per heavy atom. The first-order valence-corrected chi connectivity index (χ1v) is 8.98. The molecule has 6 nitrogen and oxygen atoms in total. The minimum absolute atomic E-state index is 0.364. The van der Waals surface area contributed by atoms with Crippen LogP contribution < -0.4 is 5.32 Å². The van der Waals surface area contributed by atoms with Crippen molar-refractivity contribution in [3.8, 4) is 0 Å².